The summed E-state index contributed by atoms with van der Waals surface area (Å²) < 4.78 is 0. The average Bonchev–Trinajstić information content (AvgIpc) is 2.61. The predicted octanol–water partition coefficient (Wildman–Crippen LogP) is 0.931. The zero-order valence-electron chi connectivity index (χ0n) is 13.2. The summed E-state index contributed by atoms with van der Waals surface area (Å²) in [6.45, 7) is 10.3. The van der Waals surface area contributed by atoms with Crippen molar-refractivity contribution in [2.24, 2.45) is 0 Å². The molecule has 0 saturated carbocycles. The van der Waals surface area contributed by atoms with E-state index >= 15 is 0 Å². The quantitative estimate of drug-likeness (QED) is 0.599. The zero-order valence-corrected chi connectivity index (χ0v) is 13.2. The van der Waals surface area contributed by atoms with Crippen molar-refractivity contribution in [3.05, 3.63) is 49.7 Å². The molecule has 0 radical (unpaired) electrons. The van der Waals surface area contributed by atoms with E-state index < -0.39 is 11.8 Å². The largest absolute Gasteiger partial charge is 0.353 e. The van der Waals surface area contributed by atoms with Crippen LogP contribution >= 0.6 is 0 Å². The van der Waals surface area contributed by atoms with Crippen LogP contribution in [0.2, 0.25) is 0 Å². The monoisotopic (exact) mass is 314 g/mol. The fourth-order valence-corrected chi connectivity index (χ4v) is 2.50. The molecule has 2 heterocycles. The molecule has 1 aliphatic rings. The summed E-state index contributed by atoms with van der Waals surface area (Å²) >= 11 is 0. The van der Waals surface area contributed by atoms with Gasteiger partial charge in [0.05, 0.1) is 0 Å². The molecule has 2 amide bonds. The predicted molar refractivity (Wildman–Crippen MR) is 90.0 cm³/mol. The minimum atomic E-state index is -0.504. The van der Waals surface area contributed by atoms with Gasteiger partial charge in [-0.2, -0.15) is 0 Å². The molecule has 23 heavy (non-hydrogen) atoms. The Bertz CT molecular complexity index is 555. The van der Waals surface area contributed by atoms with Gasteiger partial charge < -0.3 is 14.7 Å². The average molecular weight is 314 g/mol. The Balaban J connectivity index is 1.93. The highest BCUT2D eigenvalue weighted by molar-refractivity contribution is 6.35. The third kappa shape index (κ3) is 4.18. The second kappa shape index (κ2) is 8.12. The molecule has 1 aromatic rings. The van der Waals surface area contributed by atoms with Crippen molar-refractivity contribution in [3.63, 3.8) is 0 Å². The van der Waals surface area contributed by atoms with Crippen molar-refractivity contribution in [3.8, 4) is 0 Å². The molecule has 0 spiro atoms. The number of carbonyl (C=O) groups is 2. The molecule has 6 heteroatoms. The summed E-state index contributed by atoms with van der Waals surface area (Å²) in [5.41, 5.74) is 0. The Morgan fingerprint density at radius 2 is 1.78 bits per heavy atom. The van der Waals surface area contributed by atoms with Gasteiger partial charge in [0.1, 0.15) is 5.82 Å². The number of nitrogens with zero attached hydrogens (tertiary/aromatic N) is 4. The van der Waals surface area contributed by atoms with Crippen LogP contribution in [0.3, 0.4) is 0 Å². The van der Waals surface area contributed by atoms with Crippen molar-refractivity contribution in [1.82, 2.24) is 14.8 Å². The van der Waals surface area contributed by atoms with Crippen molar-refractivity contribution in [2.75, 3.05) is 44.2 Å². The first-order chi connectivity index (χ1) is 11.2. The summed E-state index contributed by atoms with van der Waals surface area (Å²) in [5, 5.41) is 0. The lowest BCUT2D eigenvalue weighted by atomic mass is 10.2. The van der Waals surface area contributed by atoms with E-state index in [1.807, 2.05) is 18.2 Å². The van der Waals surface area contributed by atoms with Crippen molar-refractivity contribution >= 4 is 17.6 Å². The number of hydrogen-bond donors (Lipinski definition) is 0. The van der Waals surface area contributed by atoms with E-state index in [0.717, 1.165) is 5.82 Å². The van der Waals surface area contributed by atoms with E-state index in [1.165, 1.54) is 4.90 Å². The van der Waals surface area contributed by atoms with Gasteiger partial charge in [-0.25, -0.2) is 4.98 Å². The maximum Gasteiger partial charge on any atom is 0.312 e. The molecule has 0 atom stereocenters. The normalized spacial score (nSPS) is 14.3. The Morgan fingerprint density at radius 1 is 1.13 bits per heavy atom. The molecule has 0 bridgehead atoms. The van der Waals surface area contributed by atoms with E-state index in [9.17, 15) is 9.59 Å². The molecule has 0 N–H and O–H groups in total. The van der Waals surface area contributed by atoms with Crippen LogP contribution in [0.25, 0.3) is 0 Å². The topological polar surface area (TPSA) is 56.8 Å². The molecule has 1 aromatic heterocycles. The molecule has 2 rings (SSSR count). The van der Waals surface area contributed by atoms with Gasteiger partial charge in [0.25, 0.3) is 0 Å². The van der Waals surface area contributed by atoms with Gasteiger partial charge in [0.2, 0.25) is 0 Å². The summed E-state index contributed by atoms with van der Waals surface area (Å²) in [4.78, 5) is 34.1. The molecular weight excluding hydrogens is 292 g/mol. The highest BCUT2D eigenvalue weighted by Gasteiger charge is 2.29. The second-order valence-electron chi connectivity index (χ2n) is 5.25. The van der Waals surface area contributed by atoms with E-state index in [1.54, 1.807) is 23.2 Å². The van der Waals surface area contributed by atoms with Gasteiger partial charge in [-0.05, 0) is 12.1 Å². The smallest absolute Gasteiger partial charge is 0.312 e. The van der Waals surface area contributed by atoms with Gasteiger partial charge in [-0.3, -0.25) is 9.59 Å². The molecule has 6 nitrogen and oxygen atoms in total. The van der Waals surface area contributed by atoms with Crippen LogP contribution < -0.4 is 4.90 Å². The lowest BCUT2D eigenvalue weighted by molar-refractivity contribution is -0.151. The van der Waals surface area contributed by atoms with Crippen LogP contribution in [0.5, 0.6) is 0 Å². The first-order valence-corrected chi connectivity index (χ1v) is 7.63. The second-order valence-corrected chi connectivity index (χ2v) is 5.25. The van der Waals surface area contributed by atoms with Crippen molar-refractivity contribution in [2.45, 2.75) is 0 Å². The van der Waals surface area contributed by atoms with E-state index in [0.29, 0.717) is 39.3 Å². The Kier molecular flexibility index (Phi) is 5.91. The Labute approximate surface area is 136 Å². The van der Waals surface area contributed by atoms with Gasteiger partial charge >= 0.3 is 11.8 Å². The van der Waals surface area contributed by atoms with E-state index in [2.05, 4.69) is 23.0 Å². The zero-order chi connectivity index (χ0) is 16.7. The minimum Gasteiger partial charge on any atom is -0.353 e. The Morgan fingerprint density at radius 3 is 2.30 bits per heavy atom. The van der Waals surface area contributed by atoms with Crippen molar-refractivity contribution in [1.29, 1.82) is 0 Å². The molecule has 0 unspecified atom stereocenters. The highest BCUT2D eigenvalue weighted by atomic mass is 16.2. The highest BCUT2D eigenvalue weighted by Crippen LogP contribution is 2.13. The SMILES string of the molecule is C=CCN(CC=C)C(=O)C(=O)N1CCN(c2ccccn2)CC1. The number of hydrogen-bond acceptors (Lipinski definition) is 4. The van der Waals surface area contributed by atoms with E-state index in [-0.39, 0.29) is 0 Å². The summed E-state index contributed by atoms with van der Waals surface area (Å²) in [6, 6.07) is 5.75. The number of piperazine rings is 1. The van der Waals surface area contributed by atoms with Crippen molar-refractivity contribution < 1.29 is 9.59 Å². The number of pyridine rings is 1. The first-order valence-electron chi connectivity index (χ1n) is 7.63. The first kappa shape index (κ1) is 16.7. The summed E-state index contributed by atoms with van der Waals surface area (Å²) in [7, 11) is 0. The molecular formula is C17H22N4O2. The van der Waals surface area contributed by atoms with E-state index in [4.69, 9.17) is 0 Å². The number of aromatic nitrogens is 1. The number of amides is 2. The van der Waals surface area contributed by atoms with Gasteiger partial charge in [-0.15, -0.1) is 13.2 Å². The number of anilines is 1. The van der Waals surface area contributed by atoms with Gasteiger partial charge in [0, 0.05) is 45.5 Å². The molecule has 0 aromatic carbocycles. The minimum absolute atomic E-state index is 0.338. The maximum atomic E-state index is 12.4. The third-order valence-electron chi connectivity index (χ3n) is 3.71. The van der Waals surface area contributed by atoms with Crippen LogP contribution in [0.1, 0.15) is 0 Å². The van der Waals surface area contributed by atoms with Gasteiger partial charge in [-0.1, -0.05) is 18.2 Å². The lowest BCUT2D eigenvalue weighted by Crippen LogP contribution is -2.53. The number of rotatable bonds is 5. The molecule has 1 aliphatic heterocycles. The molecule has 1 saturated heterocycles. The fourth-order valence-electron chi connectivity index (χ4n) is 2.50. The summed E-state index contributed by atoms with van der Waals surface area (Å²) in [5.74, 6) is -0.0728. The van der Waals surface area contributed by atoms with Crippen LogP contribution in [0.4, 0.5) is 5.82 Å². The molecule has 122 valence electrons. The lowest BCUT2D eigenvalue weighted by Gasteiger charge is -2.35. The maximum absolute atomic E-state index is 12.4. The molecule has 0 aliphatic carbocycles. The summed E-state index contributed by atoms with van der Waals surface area (Å²) in [6.07, 6.45) is 4.96. The van der Waals surface area contributed by atoms with Crippen LogP contribution in [0, 0.1) is 0 Å². The van der Waals surface area contributed by atoms with Gasteiger partial charge in [0.15, 0.2) is 0 Å². The fraction of sp³-hybridized carbons (Fsp3) is 0.353. The third-order valence-corrected chi connectivity index (χ3v) is 3.71. The van der Waals surface area contributed by atoms with Crippen LogP contribution in [-0.2, 0) is 9.59 Å². The molecule has 1 fully saturated rings. The standard InChI is InChI=1S/C17H22N4O2/c1-3-9-20(10-4-2)16(22)17(23)21-13-11-19(12-14-21)15-7-5-6-8-18-15/h3-8H,1-2,9-14H2. The van der Waals surface area contributed by atoms with Crippen LogP contribution in [-0.4, -0.2) is 65.9 Å². The number of carbonyl (C=O) groups excluding carboxylic acids is 2. The Hall–Kier alpha value is -2.63. The van der Waals surface area contributed by atoms with Crippen LogP contribution in [0.15, 0.2) is 49.7 Å².